The molecule has 0 aliphatic heterocycles. The lowest BCUT2D eigenvalue weighted by atomic mass is 9.99. The van der Waals surface area contributed by atoms with Gasteiger partial charge in [-0.3, -0.25) is 19.9 Å². The van der Waals surface area contributed by atoms with E-state index in [0.29, 0.717) is 22.6 Å². The third-order valence-corrected chi connectivity index (χ3v) is 6.15. The van der Waals surface area contributed by atoms with Crippen LogP contribution < -0.4 is 10.9 Å². The van der Waals surface area contributed by atoms with Crippen molar-refractivity contribution < 1.29 is 8.78 Å². The Balaban J connectivity index is 1.46. The average molecular weight is 487 g/mol. The molecule has 0 saturated carbocycles. The van der Waals surface area contributed by atoms with E-state index in [2.05, 4.69) is 25.5 Å². The fourth-order valence-corrected chi connectivity index (χ4v) is 4.14. The highest BCUT2D eigenvalue weighted by Crippen LogP contribution is 2.30. The summed E-state index contributed by atoms with van der Waals surface area (Å²) in [5.41, 5.74) is 5.66. The fraction of sp³-hybridized carbons (Fsp3) is 0.185. The number of nitrogens with zero attached hydrogens (tertiary/aromatic N) is 4. The van der Waals surface area contributed by atoms with Crippen molar-refractivity contribution in [3.05, 3.63) is 88.2 Å². The molecule has 1 aromatic carbocycles. The van der Waals surface area contributed by atoms with Crippen LogP contribution >= 0.6 is 0 Å². The second-order valence-electron chi connectivity index (χ2n) is 8.95. The van der Waals surface area contributed by atoms with Crippen LogP contribution in [0.3, 0.4) is 0 Å². The summed E-state index contributed by atoms with van der Waals surface area (Å²) < 4.78 is 28.5. The minimum Gasteiger partial charge on any atom is -0.339 e. The van der Waals surface area contributed by atoms with E-state index >= 15 is 0 Å². The molecule has 36 heavy (non-hydrogen) atoms. The molecule has 7 nitrogen and oxygen atoms in total. The Hall–Kier alpha value is -4.40. The van der Waals surface area contributed by atoms with Crippen molar-refractivity contribution in [2.24, 2.45) is 7.05 Å². The lowest BCUT2D eigenvalue weighted by molar-refractivity contribution is 0.0128. The number of benzene rings is 1. The molecule has 0 unspecified atom stereocenters. The summed E-state index contributed by atoms with van der Waals surface area (Å²) >= 11 is 0. The summed E-state index contributed by atoms with van der Waals surface area (Å²) in [4.78, 5) is 21.4. The minimum absolute atomic E-state index is 0.0935. The molecule has 4 aromatic heterocycles. The van der Waals surface area contributed by atoms with Gasteiger partial charge in [0.15, 0.2) is 5.82 Å². The van der Waals surface area contributed by atoms with E-state index in [-0.39, 0.29) is 11.3 Å². The molecule has 0 radical (unpaired) electrons. The SMILES string of the molecule is Cc1cc2c(cn1)cc(-c1cc(Nc3cc(-c4ccc(C(C)(F)F)nc4)[nH]n3)ccc1C)c(=O)n2C. The highest BCUT2D eigenvalue weighted by Gasteiger charge is 2.25. The van der Waals surface area contributed by atoms with E-state index in [1.165, 1.54) is 12.3 Å². The van der Waals surface area contributed by atoms with E-state index < -0.39 is 5.92 Å². The van der Waals surface area contributed by atoms with Gasteiger partial charge >= 0.3 is 0 Å². The summed E-state index contributed by atoms with van der Waals surface area (Å²) in [6.07, 6.45) is 3.17. The first-order valence-electron chi connectivity index (χ1n) is 11.3. The molecule has 0 aliphatic carbocycles. The Morgan fingerprint density at radius 1 is 0.972 bits per heavy atom. The largest absolute Gasteiger partial charge is 0.339 e. The van der Waals surface area contributed by atoms with Crippen molar-refractivity contribution in [2.45, 2.75) is 26.7 Å². The van der Waals surface area contributed by atoms with Crippen molar-refractivity contribution in [2.75, 3.05) is 5.32 Å². The van der Waals surface area contributed by atoms with E-state index in [1.807, 2.05) is 44.2 Å². The third kappa shape index (κ3) is 4.35. The van der Waals surface area contributed by atoms with Crippen LogP contribution in [0, 0.1) is 13.8 Å². The number of alkyl halides is 2. The molecule has 182 valence electrons. The number of hydrogen-bond acceptors (Lipinski definition) is 5. The first kappa shape index (κ1) is 23.3. The highest BCUT2D eigenvalue weighted by molar-refractivity contribution is 5.85. The van der Waals surface area contributed by atoms with Gasteiger partial charge in [0.25, 0.3) is 11.5 Å². The van der Waals surface area contributed by atoms with E-state index in [0.717, 1.165) is 40.3 Å². The Kier molecular flexibility index (Phi) is 5.62. The predicted octanol–water partition coefficient (Wildman–Crippen LogP) is 5.86. The van der Waals surface area contributed by atoms with Gasteiger partial charge in [-0.05, 0) is 61.4 Å². The molecule has 0 spiro atoms. The van der Waals surface area contributed by atoms with Gasteiger partial charge in [-0.1, -0.05) is 6.07 Å². The summed E-state index contributed by atoms with van der Waals surface area (Å²) in [5.74, 6) is -2.46. The minimum atomic E-state index is -3.00. The molecule has 0 bridgehead atoms. The second kappa shape index (κ2) is 8.67. The molecule has 4 heterocycles. The van der Waals surface area contributed by atoms with Crippen molar-refractivity contribution in [3.8, 4) is 22.4 Å². The predicted molar refractivity (Wildman–Crippen MR) is 137 cm³/mol. The molecule has 9 heteroatoms. The molecule has 5 rings (SSSR count). The second-order valence-corrected chi connectivity index (χ2v) is 8.95. The zero-order chi connectivity index (χ0) is 25.6. The average Bonchev–Trinajstić information content (AvgIpc) is 3.31. The molecule has 0 fully saturated rings. The molecule has 5 aromatic rings. The number of aromatic amines is 1. The number of hydrogen-bond donors (Lipinski definition) is 2. The third-order valence-electron chi connectivity index (χ3n) is 6.15. The maximum absolute atomic E-state index is 13.4. The first-order chi connectivity index (χ1) is 17.1. The van der Waals surface area contributed by atoms with Crippen molar-refractivity contribution in [1.82, 2.24) is 24.7 Å². The normalized spacial score (nSPS) is 11.7. The number of rotatable bonds is 5. The summed E-state index contributed by atoms with van der Waals surface area (Å²) in [6.45, 7) is 4.67. The van der Waals surface area contributed by atoms with Gasteiger partial charge in [-0.25, -0.2) is 0 Å². The van der Waals surface area contributed by atoms with Crippen molar-refractivity contribution >= 4 is 22.4 Å². The van der Waals surface area contributed by atoms with Crippen LogP contribution in [-0.2, 0) is 13.0 Å². The topological polar surface area (TPSA) is 88.5 Å². The van der Waals surface area contributed by atoms with Crippen LogP contribution in [0.15, 0.2) is 65.7 Å². The molecule has 0 atom stereocenters. The molecule has 0 amide bonds. The van der Waals surface area contributed by atoms with Gasteiger partial charge in [-0.2, -0.15) is 13.9 Å². The molecule has 2 N–H and O–H groups in total. The number of fused-ring (bicyclic) bond motifs is 1. The smallest absolute Gasteiger partial charge is 0.286 e. The maximum atomic E-state index is 13.4. The molecular formula is C27H24F2N6O. The monoisotopic (exact) mass is 486 g/mol. The molecule has 0 saturated heterocycles. The Morgan fingerprint density at radius 2 is 1.78 bits per heavy atom. The zero-order valence-electron chi connectivity index (χ0n) is 20.2. The Bertz CT molecular complexity index is 1650. The van der Waals surface area contributed by atoms with Gasteiger partial charge in [0.05, 0.1) is 11.2 Å². The lowest BCUT2D eigenvalue weighted by Gasteiger charge is -2.13. The standard InChI is InChI=1S/C27H24F2N6O/c1-15-5-7-19(11-20(15)21-10-18-14-30-16(2)9-23(18)35(4)26(21)36)32-25-12-22(33-34-25)17-6-8-24(31-13-17)27(3,28)29/h5-14H,1-4H3,(H2,32,33,34). The maximum Gasteiger partial charge on any atom is 0.286 e. The van der Waals surface area contributed by atoms with Crippen molar-refractivity contribution in [1.29, 1.82) is 0 Å². The summed E-state index contributed by atoms with van der Waals surface area (Å²) in [5, 5.41) is 11.3. The quantitative estimate of drug-likeness (QED) is 0.325. The number of aromatic nitrogens is 5. The lowest BCUT2D eigenvalue weighted by Crippen LogP contribution is -2.19. The van der Waals surface area contributed by atoms with Crippen LogP contribution in [0.2, 0.25) is 0 Å². The Morgan fingerprint density at radius 3 is 2.50 bits per heavy atom. The highest BCUT2D eigenvalue weighted by atomic mass is 19.3. The summed E-state index contributed by atoms with van der Waals surface area (Å²) in [7, 11) is 1.76. The van der Waals surface area contributed by atoms with E-state index in [9.17, 15) is 13.6 Å². The van der Waals surface area contributed by atoms with Crippen LogP contribution in [-0.4, -0.2) is 24.7 Å². The molecular weight excluding hydrogens is 462 g/mol. The number of pyridine rings is 3. The number of aryl methyl sites for hydroxylation is 3. The van der Waals surface area contributed by atoms with Gasteiger partial charge in [0, 0.05) is 60.3 Å². The van der Waals surface area contributed by atoms with Crippen LogP contribution in [0.4, 0.5) is 20.3 Å². The Labute approximate surface area is 205 Å². The fourth-order valence-electron chi connectivity index (χ4n) is 4.14. The summed E-state index contributed by atoms with van der Waals surface area (Å²) in [6, 6.07) is 14.2. The number of halogens is 2. The zero-order valence-corrected chi connectivity index (χ0v) is 20.2. The number of nitrogens with one attached hydrogen (secondary N) is 2. The van der Waals surface area contributed by atoms with Crippen molar-refractivity contribution in [3.63, 3.8) is 0 Å². The van der Waals surface area contributed by atoms with Gasteiger partial charge in [0.2, 0.25) is 0 Å². The van der Waals surface area contributed by atoms with Gasteiger partial charge < -0.3 is 9.88 Å². The first-order valence-corrected chi connectivity index (χ1v) is 11.3. The van der Waals surface area contributed by atoms with Crippen LogP contribution in [0.1, 0.15) is 23.9 Å². The number of H-pyrrole nitrogens is 1. The number of anilines is 2. The van der Waals surface area contributed by atoms with E-state index in [1.54, 1.807) is 29.9 Å². The van der Waals surface area contributed by atoms with Gasteiger partial charge in [0.1, 0.15) is 5.69 Å². The van der Waals surface area contributed by atoms with Crippen LogP contribution in [0.5, 0.6) is 0 Å². The van der Waals surface area contributed by atoms with Crippen LogP contribution in [0.25, 0.3) is 33.3 Å². The molecule has 0 aliphatic rings. The van der Waals surface area contributed by atoms with E-state index in [4.69, 9.17) is 0 Å². The van der Waals surface area contributed by atoms with Gasteiger partial charge in [-0.15, -0.1) is 0 Å².